The number of nitrogens with one attached hydrogen (secondary N) is 2. The van der Waals surface area contributed by atoms with E-state index in [1.165, 1.54) is 38.1 Å². The number of hydrogen-bond donors (Lipinski definition) is 7. The second-order valence-electron chi connectivity index (χ2n) is 12.9. The van der Waals surface area contributed by atoms with Gasteiger partial charge in [0.05, 0.1) is 28.9 Å². The van der Waals surface area contributed by atoms with Crippen LogP contribution in [0.3, 0.4) is 0 Å². The lowest BCUT2D eigenvalue weighted by Crippen LogP contribution is -2.69. The second-order valence-corrected chi connectivity index (χ2v) is 12.9. The second kappa shape index (κ2) is 12.3. The number of likely N-dealkylation sites (N-methyl/N-ethyl adjacent to an activating group) is 1. The van der Waals surface area contributed by atoms with Crippen LogP contribution in [0.15, 0.2) is 77.3 Å². The fourth-order valence-electron chi connectivity index (χ4n) is 7.68. The lowest BCUT2D eigenvalue weighted by molar-refractivity contribution is -0.180. The third-order valence-electron chi connectivity index (χ3n) is 9.95. The summed E-state index contributed by atoms with van der Waals surface area (Å²) in [4.78, 5) is 68.0. The van der Waals surface area contributed by atoms with Gasteiger partial charge >= 0.3 is 12.0 Å². The van der Waals surface area contributed by atoms with Crippen LogP contribution in [-0.2, 0) is 19.1 Å². The van der Waals surface area contributed by atoms with E-state index in [0.717, 1.165) is 10.8 Å². The van der Waals surface area contributed by atoms with Crippen molar-refractivity contribution in [2.75, 3.05) is 24.7 Å². The summed E-state index contributed by atoms with van der Waals surface area (Å²) in [5, 5.41) is 53.5. The summed E-state index contributed by atoms with van der Waals surface area (Å²) in [6.07, 6.45) is -1.64. The molecule has 3 aromatic carbocycles. The molecule has 0 saturated carbocycles. The van der Waals surface area contributed by atoms with Crippen LogP contribution in [0.25, 0.3) is 10.8 Å². The van der Waals surface area contributed by atoms with E-state index in [1.54, 1.807) is 19.1 Å². The SMILES string of the molecule is CCC(=O)O[C@@H]1[C@@H]2C(=C(O)[C@@]3(O)C(=O)C(C(N)=O)=C(O)[C@H](N(C)C)[C@@H]13)C(=O)c1c(ccc(NC(=O)Nc3cccc4ccccc34)c1O)[C@H]2C. The predicted octanol–water partition coefficient (Wildman–Crippen LogP) is 3.41. The first kappa shape index (κ1) is 34.1. The molecular formula is C36H36N4O10. The zero-order valence-electron chi connectivity index (χ0n) is 27.6. The molecule has 0 aliphatic heterocycles. The summed E-state index contributed by atoms with van der Waals surface area (Å²) in [5.41, 5.74) is 1.11. The minimum Gasteiger partial charge on any atom is -0.510 e. The van der Waals surface area contributed by atoms with Crippen molar-refractivity contribution in [2.24, 2.45) is 17.6 Å². The van der Waals surface area contributed by atoms with Gasteiger partial charge in [-0.2, -0.15) is 0 Å². The lowest BCUT2D eigenvalue weighted by Gasteiger charge is -2.54. The Balaban J connectivity index is 1.47. The van der Waals surface area contributed by atoms with Crippen molar-refractivity contribution in [2.45, 2.75) is 43.9 Å². The highest BCUT2D eigenvalue weighted by Crippen LogP contribution is 2.57. The van der Waals surface area contributed by atoms with Crippen LogP contribution in [0.4, 0.5) is 16.2 Å². The van der Waals surface area contributed by atoms with Gasteiger partial charge in [0.15, 0.2) is 17.1 Å². The molecule has 0 radical (unpaired) electrons. The van der Waals surface area contributed by atoms with Gasteiger partial charge in [0.25, 0.3) is 5.91 Å². The third-order valence-corrected chi connectivity index (χ3v) is 9.95. The standard InChI is InChI=1S/C36H36N4O10/c1-5-21(41)50-31-22-15(2)17-13-14-20(39-35(48)38-19-12-8-10-16-9-6-7-11-18(16)19)28(42)23(17)29(43)24(22)32(45)36(49)26(31)27(40(3)4)30(44)25(33(36)46)34(37)47/h6-15,22,26-27,31,42,44-45,49H,5H2,1-4H3,(H2,37,47)(H2,38,39,48)/t15-,22+,26+,27-,31-,36-/m1/s1. The Morgan fingerprint density at radius 3 is 2.28 bits per heavy atom. The molecule has 3 aliphatic carbocycles. The number of phenolic OH excluding ortho intramolecular Hbond substituents is 1. The fourth-order valence-corrected chi connectivity index (χ4v) is 7.68. The first-order valence-electron chi connectivity index (χ1n) is 15.9. The Labute approximate surface area is 285 Å². The number of benzene rings is 3. The van der Waals surface area contributed by atoms with Gasteiger partial charge in [-0.25, -0.2) is 4.79 Å². The zero-order valence-corrected chi connectivity index (χ0v) is 27.6. The normalized spacial score (nSPS) is 25.9. The number of primary amides is 1. The summed E-state index contributed by atoms with van der Waals surface area (Å²) in [6.45, 7) is 3.15. The van der Waals surface area contributed by atoms with E-state index in [0.29, 0.717) is 5.69 Å². The van der Waals surface area contributed by atoms with Gasteiger partial charge in [-0.15, -0.1) is 0 Å². The third kappa shape index (κ3) is 4.98. The molecule has 0 spiro atoms. The van der Waals surface area contributed by atoms with Crippen molar-refractivity contribution >= 4 is 51.6 Å². The Bertz CT molecular complexity index is 2070. The molecule has 0 unspecified atom stereocenters. The van der Waals surface area contributed by atoms with Gasteiger partial charge < -0.3 is 41.5 Å². The molecule has 3 aromatic rings. The molecule has 0 saturated heterocycles. The first-order chi connectivity index (χ1) is 23.6. The largest absolute Gasteiger partial charge is 0.510 e. The maximum absolute atomic E-state index is 14.4. The molecule has 50 heavy (non-hydrogen) atoms. The summed E-state index contributed by atoms with van der Waals surface area (Å²) < 4.78 is 5.84. The number of nitrogens with two attached hydrogens (primary N) is 1. The van der Waals surface area contributed by atoms with Crippen LogP contribution in [0, 0.1) is 11.8 Å². The minimum absolute atomic E-state index is 0.135. The number of urea groups is 1. The minimum atomic E-state index is -3.06. The smallest absolute Gasteiger partial charge is 0.323 e. The number of nitrogens with zero attached hydrogens (tertiary/aromatic N) is 1. The summed E-state index contributed by atoms with van der Waals surface area (Å²) in [7, 11) is 2.94. The summed E-state index contributed by atoms with van der Waals surface area (Å²) >= 11 is 0. The molecule has 3 amide bonds. The van der Waals surface area contributed by atoms with E-state index in [2.05, 4.69) is 10.6 Å². The molecule has 8 N–H and O–H groups in total. The van der Waals surface area contributed by atoms with Crippen molar-refractivity contribution in [3.05, 3.63) is 88.4 Å². The maximum Gasteiger partial charge on any atom is 0.323 e. The first-order valence-corrected chi connectivity index (χ1v) is 15.9. The number of anilines is 2. The van der Waals surface area contributed by atoms with Crippen molar-refractivity contribution in [1.82, 2.24) is 4.90 Å². The van der Waals surface area contributed by atoms with Crippen molar-refractivity contribution in [3.63, 3.8) is 0 Å². The Morgan fingerprint density at radius 1 is 0.960 bits per heavy atom. The molecular weight excluding hydrogens is 648 g/mol. The zero-order chi connectivity index (χ0) is 36.4. The number of carbonyl (C=O) groups is 5. The average Bonchev–Trinajstić information content (AvgIpc) is 3.06. The molecule has 0 fully saturated rings. The van der Waals surface area contributed by atoms with Crippen LogP contribution in [0.1, 0.15) is 42.1 Å². The van der Waals surface area contributed by atoms with Crippen LogP contribution in [0.2, 0.25) is 0 Å². The van der Waals surface area contributed by atoms with E-state index in [1.807, 2.05) is 30.3 Å². The Kier molecular flexibility index (Phi) is 8.40. The van der Waals surface area contributed by atoms with Crippen LogP contribution < -0.4 is 16.4 Å². The fraction of sp³-hybridized carbons (Fsp3) is 0.306. The molecule has 260 valence electrons. The Hall–Kier alpha value is -5.73. The average molecular weight is 685 g/mol. The van der Waals surface area contributed by atoms with Crippen LogP contribution in [-0.4, -0.2) is 86.6 Å². The molecule has 6 rings (SSSR count). The van der Waals surface area contributed by atoms with Gasteiger partial charge in [0.2, 0.25) is 5.78 Å². The molecule has 14 heteroatoms. The number of aromatic hydroxyl groups is 1. The number of aliphatic hydroxyl groups is 3. The highest BCUT2D eigenvalue weighted by Gasteiger charge is 2.68. The number of aliphatic hydroxyl groups excluding tert-OH is 2. The number of fused-ring (bicyclic) bond motifs is 4. The number of rotatable bonds is 6. The van der Waals surface area contributed by atoms with E-state index in [9.17, 15) is 44.4 Å². The van der Waals surface area contributed by atoms with E-state index >= 15 is 0 Å². The topological polar surface area (TPSA) is 229 Å². The van der Waals surface area contributed by atoms with E-state index < -0.39 is 93.4 Å². The van der Waals surface area contributed by atoms with E-state index in [-0.39, 0.29) is 23.2 Å². The monoisotopic (exact) mass is 684 g/mol. The number of carbonyl (C=O) groups excluding carboxylic acids is 5. The summed E-state index contributed by atoms with van der Waals surface area (Å²) in [6, 6.07) is 13.5. The molecule has 0 bridgehead atoms. The Morgan fingerprint density at radius 2 is 1.62 bits per heavy atom. The van der Waals surface area contributed by atoms with Gasteiger partial charge in [-0.3, -0.25) is 24.1 Å². The van der Waals surface area contributed by atoms with Crippen LogP contribution >= 0.6 is 0 Å². The van der Waals surface area contributed by atoms with Gasteiger partial charge in [-0.05, 0) is 43.1 Å². The number of Topliss-reactive ketones (excluding diaryl/α,β-unsaturated/α-hetero) is 2. The highest BCUT2D eigenvalue weighted by atomic mass is 16.5. The number of ether oxygens (including phenoxy) is 1. The number of hydrogen-bond acceptors (Lipinski definition) is 11. The molecule has 0 aromatic heterocycles. The highest BCUT2D eigenvalue weighted by molar-refractivity contribution is 6.25. The number of ketones is 2. The molecule has 3 aliphatic rings. The number of esters is 1. The van der Waals surface area contributed by atoms with Gasteiger partial charge in [0.1, 0.15) is 23.2 Å². The quantitative estimate of drug-likeness (QED) is 0.113. The predicted molar refractivity (Wildman–Crippen MR) is 181 cm³/mol. The van der Waals surface area contributed by atoms with Gasteiger partial charge in [0, 0.05) is 23.3 Å². The molecule has 14 nitrogen and oxygen atoms in total. The molecule has 0 heterocycles. The maximum atomic E-state index is 14.4. The van der Waals surface area contributed by atoms with E-state index in [4.69, 9.17) is 10.5 Å². The van der Waals surface area contributed by atoms with Crippen molar-refractivity contribution < 1.29 is 49.1 Å². The van der Waals surface area contributed by atoms with Crippen molar-refractivity contribution in [1.29, 1.82) is 0 Å². The van der Waals surface area contributed by atoms with Gasteiger partial charge in [-0.1, -0.05) is 56.3 Å². The summed E-state index contributed by atoms with van der Waals surface area (Å²) in [5.74, 6) is -10.9. The molecule has 6 atom stereocenters. The lowest BCUT2D eigenvalue weighted by atomic mass is 9.55. The number of phenols is 1. The van der Waals surface area contributed by atoms with Crippen LogP contribution in [0.5, 0.6) is 5.75 Å². The van der Waals surface area contributed by atoms with Crippen molar-refractivity contribution in [3.8, 4) is 5.75 Å². The number of amides is 3.